The molecule has 9 atom stereocenters. The van der Waals surface area contributed by atoms with Crippen LogP contribution in [-0.4, -0.2) is 238 Å². The first-order chi connectivity index (χ1) is 70.7. The number of likely N-dealkylation sites (tertiary alicyclic amines) is 2. The highest BCUT2D eigenvalue weighted by atomic mass is 16.5. The number of hydrogen-bond donors (Lipinski definition) is 0. The van der Waals surface area contributed by atoms with Crippen LogP contribution in [0.15, 0.2) is 146 Å². The maximum absolute atomic E-state index is 7.36. The van der Waals surface area contributed by atoms with Gasteiger partial charge in [-0.2, -0.15) is 34.9 Å². The van der Waals surface area contributed by atoms with Crippen LogP contribution in [0.4, 0.5) is 29.2 Å². The quantitative estimate of drug-likeness (QED) is 0.0385. The third kappa shape index (κ3) is 23.7. The largest absolute Gasteiger partial charge is 0.463 e. The molecule has 14 heterocycles. The summed E-state index contributed by atoms with van der Waals surface area (Å²) in [5.74, 6) is 5.51. The van der Waals surface area contributed by atoms with Crippen LogP contribution in [-0.2, 0) is 71.1 Å². The lowest BCUT2D eigenvalue weighted by Gasteiger charge is -2.37. The zero-order chi connectivity index (χ0) is 100. The van der Waals surface area contributed by atoms with Gasteiger partial charge in [-0.15, -0.1) is 0 Å². The Labute approximate surface area is 858 Å². The highest BCUT2D eigenvalue weighted by Gasteiger charge is 2.39. The van der Waals surface area contributed by atoms with Crippen molar-refractivity contribution in [2.45, 2.75) is 226 Å². The van der Waals surface area contributed by atoms with Crippen molar-refractivity contribution in [1.29, 1.82) is 0 Å². The summed E-state index contributed by atoms with van der Waals surface area (Å²) < 4.78 is 44.8. The Morgan fingerprint density at radius 1 is 0.366 bits per heavy atom. The molecule has 0 saturated carbocycles. The molecule has 0 bridgehead atoms. The van der Waals surface area contributed by atoms with E-state index in [0.717, 1.165) is 204 Å². The lowest BCUT2D eigenvalue weighted by Crippen LogP contribution is -2.39. The smallest absolute Gasteiger partial charge is 0.318 e. The summed E-state index contributed by atoms with van der Waals surface area (Å²) in [5.41, 5.74) is 18.8. The van der Waals surface area contributed by atoms with Crippen LogP contribution in [0.3, 0.4) is 0 Å². The zero-order valence-electron chi connectivity index (χ0n) is 87.7. The van der Waals surface area contributed by atoms with Gasteiger partial charge in [0.05, 0.1) is 80.2 Å². The molecule has 0 spiro atoms. The highest BCUT2D eigenvalue weighted by Crippen LogP contribution is 2.46. The fraction of sp³-hybridized carbons (Fsp3) is 0.513. The number of benzene rings is 8. The molecule has 22 rings (SSSR count). The first-order valence-corrected chi connectivity index (χ1v) is 53.7. The average Bonchev–Trinajstić information content (AvgIpc) is 0.875. The van der Waals surface area contributed by atoms with Gasteiger partial charge in [0.15, 0.2) is 0 Å². The van der Waals surface area contributed by atoms with E-state index in [1.165, 1.54) is 152 Å². The number of rotatable bonds is 25. The molecule has 10 aliphatic rings. The third-order valence-corrected chi connectivity index (χ3v) is 31.8. The third-order valence-electron chi connectivity index (χ3n) is 31.8. The van der Waals surface area contributed by atoms with Crippen LogP contribution in [0.5, 0.6) is 18.0 Å². The van der Waals surface area contributed by atoms with Gasteiger partial charge >= 0.3 is 18.0 Å². The number of piperidine rings is 4. The Balaban J connectivity index is 0.000000122. The highest BCUT2D eigenvalue weighted by molar-refractivity contribution is 5.92. The van der Waals surface area contributed by atoms with Gasteiger partial charge in [-0.1, -0.05) is 146 Å². The number of aryl methyl sites for hydroxylation is 4. The fourth-order valence-corrected chi connectivity index (χ4v) is 23.7. The van der Waals surface area contributed by atoms with E-state index in [1.54, 1.807) is 0 Å². The molecule has 0 amide bonds. The minimum atomic E-state index is -0.0714. The lowest BCUT2D eigenvalue weighted by atomic mass is 9.92. The van der Waals surface area contributed by atoms with Gasteiger partial charge in [0.1, 0.15) is 36.5 Å². The van der Waals surface area contributed by atoms with Crippen molar-refractivity contribution >= 4 is 72.3 Å². The molecule has 6 saturated heterocycles. The van der Waals surface area contributed by atoms with E-state index in [-0.39, 0.29) is 24.4 Å². The van der Waals surface area contributed by atoms with Gasteiger partial charge in [0, 0.05) is 150 Å². The summed E-state index contributed by atoms with van der Waals surface area (Å²) in [6.07, 6.45) is 20.2. The molecule has 26 nitrogen and oxygen atoms in total. The fourth-order valence-electron chi connectivity index (χ4n) is 23.7. The van der Waals surface area contributed by atoms with E-state index < -0.39 is 0 Å². The molecule has 0 N–H and O–H groups in total. The standard InChI is InChI=1S/C30H38N6O.C30H37N5O2.C30H38N4O2.C29H36N4O2/c1-21-9-6-11-23-12-7-13-24(28(21)23)27-17-26-25(20-37-27)29(36-14-8-10-22(19-36)18-31-2)33-30(32-26)35(5)16-15-34(3)4;1-21-9-5-11-23-12-6-13-24(28(21)23)27-17-26-25(20-37-27)29(35-15-7-10-22(19-35)18-31-2)33-30(32-26)36-16-8-14-34(3)4;1-20-9-6-11-22-12-7-14-24(28(20)22)27-17-26-25(19-35-27)29(34-16-5-4-10-21(34)2)32-30(31-26)36-18-23-13-8-15-33(23)3;1-20-9-6-10-21-11-7-13-23(27(20)21)26-17-25-24(19-34-26)28(33-15-4-3-5-16-33)31-29(30-25)35-18-22-12-8-14-32(22)2/h6-7,9,11-13,22,27H,8,10,14-20H2,1,3-5H3;5-6,9,11-13,22,27H,7-8,10,14-20H2,1,3-4H3;6-7,9,11-12,14,21,23,27H,4-5,8,10,13,15-19H2,1-3H3;6-7,9-11,13,22,26H,3-5,8,12,14-19H2,1-2H3/t2*22-,27?;21-,23-,27?;22-,26?/m0000/s1. The van der Waals surface area contributed by atoms with Crippen molar-refractivity contribution in [2.24, 2.45) is 11.8 Å². The molecule has 12 aromatic rings. The molecule has 4 aromatic heterocycles. The first-order valence-electron chi connectivity index (χ1n) is 53.7. The summed E-state index contributed by atoms with van der Waals surface area (Å²) in [4.78, 5) is 68.2. The number of hydrogen-bond acceptors (Lipinski definition) is 24. The van der Waals surface area contributed by atoms with Gasteiger partial charge in [0.25, 0.3) is 0 Å². The number of fused-ring (bicyclic) bond motifs is 8. The summed E-state index contributed by atoms with van der Waals surface area (Å²) in [6, 6.07) is 54.8. The van der Waals surface area contributed by atoms with E-state index in [9.17, 15) is 0 Å². The van der Waals surface area contributed by atoms with Gasteiger partial charge < -0.3 is 86.9 Å². The Morgan fingerprint density at radius 3 is 1.12 bits per heavy atom. The summed E-state index contributed by atoms with van der Waals surface area (Å²) in [7, 11) is 14.8. The second-order valence-electron chi connectivity index (χ2n) is 42.7. The number of likely N-dealkylation sites (N-methyl/N-ethyl adjacent to an activating group) is 4. The van der Waals surface area contributed by atoms with Gasteiger partial charge in [0.2, 0.25) is 19.0 Å². The van der Waals surface area contributed by atoms with Crippen molar-refractivity contribution in [3.63, 3.8) is 0 Å². The maximum atomic E-state index is 7.36. The average molecular weight is 1960 g/mol. The van der Waals surface area contributed by atoms with Crippen molar-refractivity contribution in [3.8, 4) is 18.0 Å². The van der Waals surface area contributed by atoms with E-state index in [0.29, 0.717) is 114 Å². The van der Waals surface area contributed by atoms with Crippen molar-refractivity contribution < 1.29 is 33.2 Å². The number of aromatic nitrogens is 8. The van der Waals surface area contributed by atoms with Gasteiger partial charge in [-0.3, -0.25) is 0 Å². The minimum Gasteiger partial charge on any atom is -0.463 e. The second kappa shape index (κ2) is 47.3. The topological polar surface area (TPSA) is 206 Å². The Morgan fingerprint density at radius 2 is 0.724 bits per heavy atom. The Kier molecular flexibility index (Phi) is 33.2. The predicted octanol–water partition coefficient (Wildman–Crippen LogP) is 20.9. The summed E-state index contributed by atoms with van der Waals surface area (Å²) >= 11 is 0. The molecule has 0 radical (unpaired) electrons. The number of anilines is 5. The van der Waals surface area contributed by atoms with Crippen molar-refractivity contribution in [2.75, 3.05) is 185 Å². The second-order valence-corrected chi connectivity index (χ2v) is 42.7. The summed E-state index contributed by atoms with van der Waals surface area (Å²) in [6.45, 7) is 42.6. The normalized spacial score (nSPS) is 21.7. The molecule has 762 valence electrons. The van der Waals surface area contributed by atoms with Crippen LogP contribution in [0.1, 0.15) is 217 Å². The predicted molar refractivity (Wildman–Crippen MR) is 580 cm³/mol. The molecule has 145 heavy (non-hydrogen) atoms. The molecule has 0 aliphatic carbocycles. The first kappa shape index (κ1) is 102. The molecule has 8 aromatic carbocycles. The Bertz CT molecular complexity index is 6580. The Hall–Kier alpha value is -11.8. The maximum Gasteiger partial charge on any atom is 0.318 e. The van der Waals surface area contributed by atoms with E-state index >= 15 is 0 Å². The van der Waals surface area contributed by atoms with E-state index in [1.807, 2.05) is 0 Å². The SMILES string of the molecule is Cc1cccc2cccc(C3Cc4nc(OC[C@@H]5CCCN5C)nc(N5CCCCC5)c4CO3)c12.Cc1cccc2cccc(C3Cc4nc(OC[C@@H]5CCCN5C)nc(N5CCCC[C@@H]5C)c4CO3)c12.[C-]#[N+]C[C@@H]1CCCN(c2nc(N(C)CCN(C)C)nc3c2COC(c2cccc4cccc(C)c24)C3)C1.[C-]#[N+]C[C@@H]1CCCN(c2nc(OCCCN(C)C)nc3c2COC(c2cccc4cccc(C)c24)C3)C1. The number of nitrogens with zero attached hydrogens (tertiary/aromatic N) is 19. The van der Waals surface area contributed by atoms with Crippen LogP contribution in [0.25, 0.3) is 52.8 Å². The van der Waals surface area contributed by atoms with Crippen molar-refractivity contribution in [3.05, 3.63) is 258 Å². The zero-order valence-corrected chi connectivity index (χ0v) is 87.7. The van der Waals surface area contributed by atoms with Crippen LogP contribution < -0.4 is 38.7 Å². The van der Waals surface area contributed by atoms with Crippen LogP contribution in [0, 0.1) is 52.7 Å². The van der Waals surface area contributed by atoms with Crippen molar-refractivity contribution in [1.82, 2.24) is 59.5 Å². The number of ether oxygens (including phenoxy) is 7. The van der Waals surface area contributed by atoms with Crippen LogP contribution in [0.2, 0.25) is 0 Å². The molecule has 6 fully saturated rings. The molecular formula is C119H149N19O7. The van der Waals surface area contributed by atoms with Gasteiger partial charge in [-0.25, -0.2) is 18.1 Å². The summed E-state index contributed by atoms with van der Waals surface area (Å²) in [5, 5.41) is 10.2. The molecular weight excluding hydrogens is 1810 g/mol. The minimum absolute atomic E-state index is 0.0229. The lowest BCUT2D eigenvalue weighted by molar-refractivity contribution is 0.0263. The monoisotopic (exact) mass is 1960 g/mol. The molecule has 4 unspecified atom stereocenters. The van der Waals surface area contributed by atoms with Gasteiger partial charge in [-0.05, 0) is 274 Å². The molecule has 26 heteroatoms. The van der Waals surface area contributed by atoms with E-state index in [4.69, 9.17) is 86.2 Å². The van der Waals surface area contributed by atoms with E-state index in [2.05, 4.69) is 283 Å². The molecule has 10 aliphatic heterocycles. The van der Waals surface area contributed by atoms with Crippen LogP contribution >= 0.6 is 0 Å².